The number of hydrogen-bond donors (Lipinski definition) is 0. The lowest BCUT2D eigenvalue weighted by Gasteiger charge is -2.28. The molecule has 0 atom stereocenters. The summed E-state index contributed by atoms with van der Waals surface area (Å²) in [6.07, 6.45) is 0. The second-order valence-corrected chi connectivity index (χ2v) is 7.37. The van der Waals surface area contributed by atoms with Gasteiger partial charge in [-0.25, -0.2) is 4.98 Å². The van der Waals surface area contributed by atoms with Crippen LogP contribution in [0.25, 0.3) is 20.4 Å². The van der Waals surface area contributed by atoms with E-state index in [-0.39, 0.29) is 0 Å². The third kappa shape index (κ3) is 2.17. The minimum atomic E-state index is 0.322. The molecular formula is C13H9ClN6S2. The highest BCUT2D eigenvalue weighted by Crippen LogP contribution is 2.36. The van der Waals surface area contributed by atoms with Crippen LogP contribution in [0.3, 0.4) is 0 Å². The van der Waals surface area contributed by atoms with Gasteiger partial charge in [0.25, 0.3) is 0 Å². The molecule has 4 heterocycles. The Morgan fingerprint density at radius 1 is 1.27 bits per heavy atom. The topological polar surface area (TPSA) is 78.6 Å². The molecule has 9 heteroatoms. The maximum absolute atomic E-state index is 9.48. The molecular weight excluding hydrogens is 340 g/mol. The molecule has 3 aromatic heterocycles. The summed E-state index contributed by atoms with van der Waals surface area (Å²) in [4.78, 5) is 7.69. The summed E-state index contributed by atoms with van der Waals surface area (Å²) in [5, 5.41) is 22.1. The Morgan fingerprint density at radius 2 is 2.09 bits per heavy atom. The quantitative estimate of drug-likeness (QED) is 0.669. The summed E-state index contributed by atoms with van der Waals surface area (Å²) < 4.78 is 0.759. The zero-order chi connectivity index (χ0) is 15.1. The predicted molar refractivity (Wildman–Crippen MR) is 89.8 cm³/mol. The van der Waals surface area contributed by atoms with Crippen LogP contribution in [0.4, 0.5) is 5.82 Å². The maximum Gasteiger partial charge on any atom is 0.172 e. The van der Waals surface area contributed by atoms with E-state index in [0.29, 0.717) is 16.2 Å². The van der Waals surface area contributed by atoms with Gasteiger partial charge in [0.2, 0.25) is 0 Å². The molecule has 0 spiro atoms. The lowest BCUT2D eigenvalue weighted by Crippen LogP contribution is -2.33. The van der Waals surface area contributed by atoms with Crippen LogP contribution in [0.2, 0.25) is 5.15 Å². The number of rotatable bonds is 1. The highest BCUT2D eigenvalue weighted by atomic mass is 35.5. The van der Waals surface area contributed by atoms with Crippen LogP contribution >= 0.6 is 34.7 Å². The van der Waals surface area contributed by atoms with Gasteiger partial charge in [0, 0.05) is 30.0 Å². The summed E-state index contributed by atoms with van der Waals surface area (Å²) in [6, 6.07) is 4.09. The van der Waals surface area contributed by atoms with Crippen molar-refractivity contribution in [3.05, 3.63) is 16.8 Å². The van der Waals surface area contributed by atoms with E-state index < -0.39 is 0 Å². The number of pyridine rings is 1. The van der Waals surface area contributed by atoms with E-state index in [9.17, 15) is 5.26 Å². The van der Waals surface area contributed by atoms with Crippen LogP contribution in [-0.2, 0) is 0 Å². The first kappa shape index (κ1) is 13.9. The fraction of sp³-hybridized carbons (Fsp3) is 0.308. The molecule has 0 N–H and O–H groups in total. The lowest BCUT2D eigenvalue weighted by molar-refractivity contribution is 0.841. The number of nitriles is 1. The average molecular weight is 349 g/mol. The van der Waals surface area contributed by atoms with Crippen molar-refractivity contribution in [1.82, 2.24) is 20.4 Å². The van der Waals surface area contributed by atoms with Gasteiger partial charge in [-0.15, -0.1) is 21.5 Å². The number of fused-ring (bicyclic) bond motifs is 3. The molecule has 0 aromatic carbocycles. The van der Waals surface area contributed by atoms with Crippen molar-refractivity contribution in [3.63, 3.8) is 0 Å². The van der Waals surface area contributed by atoms with Crippen molar-refractivity contribution < 1.29 is 0 Å². The summed E-state index contributed by atoms with van der Waals surface area (Å²) in [6.45, 7) is 1.82. The second kappa shape index (κ2) is 5.50. The van der Waals surface area contributed by atoms with E-state index in [0.717, 1.165) is 45.3 Å². The van der Waals surface area contributed by atoms with E-state index in [1.54, 1.807) is 0 Å². The molecule has 0 aliphatic carbocycles. The Bertz CT molecular complexity index is 912. The van der Waals surface area contributed by atoms with Gasteiger partial charge in [-0.3, -0.25) is 0 Å². The van der Waals surface area contributed by atoms with E-state index in [4.69, 9.17) is 16.6 Å². The first-order valence-electron chi connectivity index (χ1n) is 6.63. The van der Waals surface area contributed by atoms with Crippen LogP contribution in [0, 0.1) is 11.3 Å². The molecule has 0 radical (unpaired) electrons. The summed E-state index contributed by atoms with van der Waals surface area (Å²) >= 11 is 9.44. The average Bonchev–Trinajstić information content (AvgIpc) is 2.93. The highest BCUT2D eigenvalue weighted by molar-refractivity contribution is 7.99. The third-order valence-corrected chi connectivity index (χ3v) is 5.95. The van der Waals surface area contributed by atoms with Crippen molar-refractivity contribution in [1.29, 1.82) is 5.26 Å². The molecule has 0 bridgehead atoms. The zero-order valence-corrected chi connectivity index (χ0v) is 13.7. The van der Waals surface area contributed by atoms with Crippen molar-refractivity contribution in [2.75, 3.05) is 29.5 Å². The minimum absolute atomic E-state index is 0.322. The molecule has 0 saturated carbocycles. The van der Waals surface area contributed by atoms with Gasteiger partial charge in [-0.05, 0) is 11.3 Å². The van der Waals surface area contributed by atoms with Gasteiger partial charge >= 0.3 is 0 Å². The maximum atomic E-state index is 9.48. The molecule has 0 amide bonds. The Kier molecular flexibility index (Phi) is 3.48. The number of hydrogen-bond acceptors (Lipinski definition) is 8. The molecule has 1 fully saturated rings. The second-order valence-electron chi connectivity index (χ2n) is 4.78. The standard InChI is InChI=1S/C13H9ClN6S2/c14-11-10-9(17-19-18-11)8-5-7(6-15)12(16-13(8)22-10)20-1-3-21-4-2-20/h5H,1-4H2. The van der Waals surface area contributed by atoms with Gasteiger partial charge < -0.3 is 4.90 Å². The van der Waals surface area contributed by atoms with Crippen LogP contribution in [0.15, 0.2) is 6.07 Å². The van der Waals surface area contributed by atoms with E-state index >= 15 is 0 Å². The SMILES string of the molecule is N#Cc1cc2c(nc1N1CCSCC1)sc1c(Cl)nnnc12. The van der Waals surface area contributed by atoms with Crippen molar-refractivity contribution >= 4 is 61.0 Å². The highest BCUT2D eigenvalue weighted by Gasteiger charge is 2.20. The van der Waals surface area contributed by atoms with Crippen LogP contribution in [-0.4, -0.2) is 45.0 Å². The number of nitrogens with zero attached hydrogens (tertiary/aromatic N) is 6. The Balaban J connectivity index is 1.97. The van der Waals surface area contributed by atoms with Crippen LogP contribution < -0.4 is 4.90 Å². The Labute approximate surface area is 139 Å². The lowest BCUT2D eigenvalue weighted by atomic mass is 10.2. The molecule has 6 nitrogen and oxygen atoms in total. The smallest absolute Gasteiger partial charge is 0.172 e. The third-order valence-electron chi connectivity index (χ3n) is 3.53. The number of thioether (sulfide) groups is 1. The van der Waals surface area contributed by atoms with E-state index in [1.807, 2.05) is 17.8 Å². The van der Waals surface area contributed by atoms with Crippen molar-refractivity contribution in [2.45, 2.75) is 0 Å². The molecule has 1 saturated heterocycles. The number of aromatic nitrogens is 4. The van der Waals surface area contributed by atoms with Gasteiger partial charge in [-0.2, -0.15) is 17.0 Å². The molecule has 0 unspecified atom stereocenters. The number of anilines is 1. The van der Waals surface area contributed by atoms with Crippen LogP contribution in [0.5, 0.6) is 0 Å². The van der Waals surface area contributed by atoms with Gasteiger partial charge in [0.05, 0.1) is 10.3 Å². The normalized spacial score (nSPS) is 15.4. The number of halogens is 1. The molecule has 4 rings (SSSR count). The van der Waals surface area contributed by atoms with Crippen LogP contribution in [0.1, 0.15) is 5.56 Å². The molecule has 22 heavy (non-hydrogen) atoms. The monoisotopic (exact) mass is 348 g/mol. The molecule has 3 aromatic rings. The molecule has 1 aliphatic heterocycles. The van der Waals surface area contributed by atoms with Gasteiger partial charge in [0.1, 0.15) is 22.2 Å². The van der Waals surface area contributed by atoms with Crippen molar-refractivity contribution in [2.24, 2.45) is 0 Å². The Hall–Kier alpha value is -1.69. The summed E-state index contributed by atoms with van der Waals surface area (Å²) in [5.74, 6) is 2.86. The fourth-order valence-corrected chi connectivity index (χ4v) is 4.60. The minimum Gasteiger partial charge on any atom is -0.354 e. The zero-order valence-electron chi connectivity index (χ0n) is 11.3. The first-order chi connectivity index (χ1) is 10.8. The summed E-state index contributed by atoms with van der Waals surface area (Å²) in [5.41, 5.74) is 1.22. The first-order valence-corrected chi connectivity index (χ1v) is 8.98. The largest absolute Gasteiger partial charge is 0.354 e. The fourth-order valence-electron chi connectivity index (χ4n) is 2.49. The molecule has 1 aliphatic rings. The van der Waals surface area contributed by atoms with Gasteiger partial charge in [-0.1, -0.05) is 11.6 Å². The van der Waals surface area contributed by atoms with Crippen molar-refractivity contribution in [3.8, 4) is 6.07 Å². The Morgan fingerprint density at radius 3 is 2.86 bits per heavy atom. The van der Waals surface area contributed by atoms with E-state index in [2.05, 4.69) is 26.4 Å². The number of thiophene rings is 1. The van der Waals surface area contributed by atoms with E-state index in [1.165, 1.54) is 11.3 Å². The predicted octanol–water partition coefficient (Wildman–Crippen LogP) is 2.71. The summed E-state index contributed by atoms with van der Waals surface area (Å²) in [7, 11) is 0. The molecule has 110 valence electrons. The van der Waals surface area contributed by atoms with Gasteiger partial charge in [0.15, 0.2) is 5.15 Å².